The maximum absolute atomic E-state index is 12.7. The number of nitrogens with zero attached hydrogens (tertiary/aromatic N) is 1. The molecule has 1 aromatic rings. The monoisotopic (exact) mass is 296 g/mol. The zero-order valence-corrected chi connectivity index (χ0v) is 13.2. The van der Waals surface area contributed by atoms with Gasteiger partial charge in [-0.15, -0.1) is 0 Å². The summed E-state index contributed by atoms with van der Waals surface area (Å²) in [7, 11) is 0. The average molecular weight is 296 g/mol. The minimum atomic E-state index is -0.739. The summed E-state index contributed by atoms with van der Waals surface area (Å²) < 4.78 is 0. The predicted octanol–water partition coefficient (Wildman–Crippen LogP) is 2.46. The Morgan fingerprint density at radius 3 is 2.50 bits per heavy atom. The van der Waals surface area contributed by atoms with E-state index in [9.17, 15) is 4.79 Å². The molecular formula is C14H24N4OS. The van der Waals surface area contributed by atoms with Crippen LogP contribution in [0.15, 0.2) is 12.4 Å². The van der Waals surface area contributed by atoms with Gasteiger partial charge in [-0.2, -0.15) is 5.10 Å². The number of nitrogens with two attached hydrogens (primary N) is 1. The number of amides is 1. The number of H-pyrrole nitrogens is 1. The van der Waals surface area contributed by atoms with Crippen LogP contribution in [-0.2, 0) is 4.79 Å². The fourth-order valence-corrected chi connectivity index (χ4v) is 2.78. The van der Waals surface area contributed by atoms with Gasteiger partial charge in [-0.25, -0.2) is 0 Å². The summed E-state index contributed by atoms with van der Waals surface area (Å²) >= 11 is 5.19. The summed E-state index contributed by atoms with van der Waals surface area (Å²) in [6, 6.07) is -0.122. The van der Waals surface area contributed by atoms with E-state index in [0.29, 0.717) is 12.8 Å². The van der Waals surface area contributed by atoms with Crippen molar-refractivity contribution >= 4 is 23.1 Å². The normalized spacial score (nSPS) is 12.9. The first-order chi connectivity index (χ1) is 9.47. The molecule has 0 aliphatic carbocycles. The number of carbonyl (C=O) groups is 1. The molecule has 0 radical (unpaired) electrons. The highest BCUT2D eigenvalue weighted by atomic mass is 32.1. The van der Waals surface area contributed by atoms with E-state index in [1.54, 1.807) is 12.4 Å². The van der Waals surface area contributed by atoms with Gasteiger partial charge in [0.25, 0.3) is 0 Å². The second-order valence-electron chi connectivity index (χ2n) is 5.17. The summed E-state index contributed by atoms with van der Waals surface area (Å²) in [6.45, 7) is 6.00. The van der Waals surface area contributed by atoms with Gasteiger partial charge in [0.2, 0.25) is 5.91 Å². The highest BCUT2D eigenvalue weighted by Crippen LogP contribution is 2.31. The van der Waals surface area contributed by atoms with E-state index in [1.807, 2.05) is 20.8 Å². The van der Waals surface area contributed by atoms with Gasteiger partial charge in [-0.3, -0.25) is 9.89 Å². The van der Waals surface area contributed by atoms with Crippen LogP contribution in [0, 0.1) is 5.41 Å². The summed E-state index contributed by atoms with van der Waals surface area (Å²) in [5.74, 6) is -0.0811. The largest absolute Gasteiger partial charge is 0.392 e. The molecule has 0 spiro atoms. The first-order valence-corrected chi connectivity index (χ1v) is 7.48. The fourth-order valence-electron chi connectivity index (χ4n) is 2.48. The van der Waals surface area contributed by atoms with Crippen LogP contribution in [0.25, 0.3) is 0 Å². The molecule has 1 amide bonds. The average Bonchev–Trinajstić information content (AvgIpc) is 2.91. The third kappa shape index (κ3) is 3.56. The quantitative estimate of drug-likeness (QED) is 0.643. The number of rotatable bonds is 8. The molecule has 0 fully saturated rings. The molecular weight excluding hydrogens is 272 g/mol. The van der Waals surface area contributed by atoms with Gasteiger partial charge in [0.1, 0.15) is 0 Å². The molecule has 6 heteroatoms. The lowest BCUT2D eigenvalue weighted by atomic mass is 9.78. The number of aromatic amines is 1. The molecule has 20 heavy (non-hydrogen) atoms. The van der Waals surface area contributed by atoms with Gasteiger partial charge < -0.3 is 11.1 Å². The van der Waals surface area contributed by atoms with Gasteiger partial charge in [0, 0.05) is 11.8 Å². The van der Waals surface area contributed by atoms with Crippen LogP contribution >= 0.6 is 12.2 Å². The van der Waals surface area contributed by atoms with Crippen molar-refractivity contribution in [2.24, 2.45) is 11.1 Å². The molecule has 1 rings (SSSR count). The van der Waals surface area contributed by atoms with E-state index >= 15 is 0 Å². The van der Waals surface area contributed by atoms with Crippen molar-refractivity contribution in [2.75, 3.05) is 0 Å². The van der Waals surface area contributed by atoms with Crippen LogP contribution in [0.3, 0.4) is 0 Å². The van der Waals surface area contributed by atoms with Crippen molar-refractivity contribution in [3.05, 3.63) is 18.0 Å². The predicted molar refractivity (Wildman–Crippen MR) is 84.2 cm³/mol. The Bertz CT molecular complexity index is 438. The van der Waals surface area contributed by atoms with E-state index in [1.165, 1.54) is 0 Å². The van der Waals surface area contributed by atoms with E-state index < -0.39 is 5.41 Å². The van der Waals surface area contributed by atoms with E-state index in [0.717, 1.165) is 18.4 Å². The Hall–Kier alpha value is -1.43. The topological polar surface area (TPSA) is 83.8 Å². The second-order valence-corrected chi connectivity index (χ2v) is 5.61. The number of hydrogen-bond acceptors (Lipinski definition) is 3. The van der Waals surface area contributed by atoms with Crippen LogP contribution in [0.1, 0.15) is 58.1 Å². The van der Waals surface area contributed by atoms with Gasteiger partial charge in [-0.1, -0.05) is 38.9 Å². The third-order valence-electron chi connectivity index (χ3n) is 3.63. The summed E-state index contributed by atoms with van der Waals surface area (Å²) in [5.41, 5.74) is 6.09. The van der Waals surface area contributed by atoms with E-state index in [-0.39, 0.29) is 16.9 Å². The second kappa shape index (κ2) is 7.38. The third-order valence-corrected chi connectivity index (χ3v) is 4.02. The van der Waals surface area contributed by atoms with Crippen molar-refractivity contribution in [1.29, 1.82) is 0 Å². The Balaban J connectivity index is 2.90. The zero-order chi connectivity index (χ0) is 15.2. The molecule has 1 heterocycles. The highest BCUT2D eigenvalue weighted by molar-refractivity contribution is 7.80. The number of thiocarbonyl (C=S) groups is 1. The Morgan fingerprint density at radius 2 is 2.10 bits per heavy atom. The number of aromatic nitrogens is 2. The van der Waals surface area contributed by atoms with Crippen LogP contribution < -0.4 is 11.1 Å². The first kappa shape index (κ1) is 16.6. The molecule has 0 aliphatic rings. The maximum Gasteiger partial charge on any atom is 0.233 e. The SMILES string of the molecule is CCCC(CCC)(C(=O)NC(C)c1cn[nH]c1)C(N)=S. The van der Waals surface area contributed by atoms with Gasteiger partial charge >= 0.3 is 0 Å². The lowest BCUT2D eigenvalue weighted by molar-refractivity contribution is -0.128. The van der Waals surface area contributed by atoms with Crippen LogP contribution in [0.2, 0.25) is 0 Å². The molecule has 0 saturated heterocycles. The lowest BCUT2D eigenvalue weighted by Gasteiger charge is -2.32. The van der Waals surface area contributed by atoms with Crippen molar-refractivity contribution in [1.82, 2.24) is 15.5 Å². The molecule has 0 aliphatic heterocycles. The highest BCUT2D eigenvalue weighted by Gasteiger charge is 2.40. The van der Waals surface area contributed by atoms with Gasteiger partial charge in [-0.05, 0) is 19.8 Å². The first-order valence-electron chi connectivity index (χ1n) is 7.07. The minimum Gasteiger partial charge on any atom is -0.392 e. The van der Waals surface area contributed by atoms with Crippen LogP contribution in [0.4, 0.5) is 0 Å². The van der Waals surface area contributed by atoms with Crippen molar-refractivity contribution in [2.45, 2.75) is 52.5 Å². The molecule has 0 aromatic carbocycles. The smallest absolute Gasteiger partial charge is 0.233 e. The molecule has 5 nitrogen and oxygen atoms in total. The lowest BCUT2D eigenvalue weighted by Crippen LogP contribution is -2.49. The number of nitrogens with one attached hydrogen (secondary N) is 2. The summed E-state index contributed by atoms with van der Waals surface area (Å²) in [5, 5.41) is 9.65. The Morgan fingerprint density at radius 1 is 1.50 bits per heavy atom. The maximum atomic E-state index is 12.7. The summed E-state index contributed by atoms with van der Waals surface area (Å²) in [4.78, 5) is 13.0. The van der Waals surface area contributed by atoms with Crippen molar-refractivity contribution in [3.63, 3.8) is 0 Å². The standard InChI is InChI=1S/C14H24N4OS/c1-4-6-14(7-5-2,12(15)20)13(19)18-10(3)11-8-16-17-9-11/h8-10H,4-7H2,1-3H3,(H2,15,20)(H,16,17)(H,18,19). The van der Waals surface area contributed by atoms with Gasteiger partial charge in [0.15, 0.2) is 0 Å². The van der Waals surface area contributed by atoms with Crippen molar-refractivity contribution in [3.8, 4) is 0 Å². The molecule has 0 saturated carbocycles. The minimum absolute atomic E-state index is 0.0811. The van der Waals surface area contributed by atoms with Gasteiger partial charge in [0.05, 0.1) is 22.6 Å². The molecule has 0 bridgehead atoms. The molecule has 112 valence electrons. The molecule has 1 unspecified atom stereocenters. The number of hydrogen-bond donors (Lipinski definition) is 3. The fraction of sp³-hybridized carbons (Fsp3) is 0.643. The number of carbonyl (C=O) groups excluding carboxylic acids is 1. The Kier molecular flexibility index (Phi) is 6.13. The van der Waals surface area contributed by atoms with E-state index in [2.05, 4.69) is 15.5 Å². The van der Waals surface area contributed by atoms with Crippen molar-refractivity contribution < 1.29 is 4.79 Å². The zero-order valence-electron chi connectivity index (χ0n) is 12.4. The Labute approximate surface area is 125 Å². The molecule has 4 N–H and O–H groups in total. The summed E-state index contributed by atoms with van der Waals surface area (Å²) in [6.07, 6.45) is 6.57. The molecule has 1 atom stereocenters. The van der Waals surface area contributed by atoms with Crippen LogP contribution in [-0.4, -0.2) is 21.1 Å². The molecule has 1 aromatic heterocycles. The van der Waals surface area contributed by atoms with Crippen LogP contribution in [0.5, 0.6) is 0 Å². The van der Waals surface area contributed by atoms with E-state index in [4.69, 9.17) is 18.0 Å².